The van der Waals surface area contributed by atoms with Gasteiger partial charge in [-0.05, 0) is 37.7 Å². The highest BCUT2D eigenvalue weighted by Crippen LogP contribution is 2.24. The number of rotatable bonds is 2. The van der Waals surface area contributed by atoms with Gasteiger partial charge in [-0.3, -0.25) is 14.4 Å². The van der Waals surface area contributed by atoms with E-state index >= 15 is 0 Å². The van der Waals surface area contributed by atoms with Crippen LogP contribution in [0.2, 0.25) is 0 Å². The molecule has 0 spiro atoms. The van der Waals surface area contributed by atoms with Gasteiger partial charge < -0.3 is 10.3 Å². The van der Waals surface area contributed by atoms with Crippen LogP contribution < -0.4 is 10.9 Å². The zero-order valence-corrected chi connectivity index (χ0v) is 12.9. The molecule has 1 fully saturated rings. The van der Waals surface area contributed by atoms with Gasteiger partial charge in [0.15, 0.2) is 5.78 Å². The molecule has 0 aromatic carbocycles. The van der Waals surface area contributed by atoms with Crippen molar-refractivity contribution in [3.63, 3.8) is 0 Å². The first-order valence-electron chi connectivity index (χ1n) is 8.16. The van der Waals surface area contributed by atoms with Gasteiger partial charge in [-0.15, -0.1) is 0 Å². The molecule has 5 heteroatoms. The molecule has 2 atom stereocenters. The highest BCUT2D eigenvalue weighted by atomic mass is 16.2. The quantitative estimate of drug-likeness (QED) is 0.879. The Balaban J connectivity index is 1.84. The summed E-state index contributed by atoms with van der Waals surface area (Å²) >= 11 is 0. The van der Waals surface area contributed by atoms with E-state index < -0.39 is 5.56 Å². The zero-order chi connectivity index (χ0) is 15.7. The second kappa shape index (κ2) is 6.07. The first-order chi connectivity index (χ1) is 10.6. The lowest BCUT2D eigenvalue weighted by Crippen LogP contribution is -2.43. The summed E-state index contributed by atoms with van der Waals surface area (Å²) in [4.78, 5) is 39.2. The van der Waals surface area contributed by atoms with E-state index in [0.29, 0.717) is 30.0 Å². The first kappa shape index (κ1) is 15.0. The Morgan fingerprint density at radius 2 is 1.95 bits per heavy atom. The van der Waals surface area contributed by atoms with Crippen LogP contribution in [-0.2, 0) is 6.42 Å². The molecule has 118 valence electrons. The molecule has 5 nitrogen and oxygen atoms in total. The molecule has 1 amide bonds. The number of ketones is 1. The standard InChI is InChI=1S/C17H22N2O3/c1-10-5-2-3-6-13(10)18-16(21)12-9-11-14(19-17(12)22)7-4-8-15(11)20/h9-10,13H,2-8H2,1H3,(H,18,21)(H,19,22)/t10-,13+/m1/s1. The van der Waals surface area contributed by atoms with Crippen molar-refractivity contribution in [2.24, 2.45) is 5.92 Å². The number of carbonyl (C=O) groups excluding carboxylic acids is 2. The van der Waals surface area contributed by atoms with Crippen molar-refractivity contribution in [3.8, 4) is 0 Å². The number of carbonyl (C=O) groups is 2. The third-order valence-electron chi connectivity index (χ3n) is 4.93. The number of H-pyrrole nitrogens is 1. The lowest BCUT2D eigenvalue weighted by atomic mass is 9.86. The largest absolute Gasteiger partial charge is 0.349 e. The number of hydrogen-bond donors (Lipinski definition) is 2. The smallest absolute Gasteiger partial charge is 0.261 e. The van der Waals surface area contributed by atoms with Gasteiger partial charge in [0.1, 0.15) is 5.56 Å². The van der Waals surface area contributed by atoms with Gasteiger partial charge in [-0.2, -0.15) is 0 Å². The second-order valence-electron chi connectivity index (χ2n) is 6.52. The summed E-state index contributed by atoms with van der Waals surface area (Å²) in [6.07, 6.45) is 6.29. The van der Waals surface area contributed by atoms with Gasteiger partial charge in [0.05, 0.1) is 0 Å². The highest BCUT2D eigenvalue weighted by molar-refractivity contribution is 6.01. The fraction of sp³-hybridized carbons (Fsp3) is 0.588. The average molecular weight is 302 g/mol. The minimum atomic E-state index is -0.394. The number of aromatic nitrogens is 1. The predicted octanol–water partition coefficient (Wildman–Crippen LogP) is 2.20. The highest BCUT2D eigenvalue weighted by Gasteiger charge is 2.26. The molecule has 0 bridgehead atoms. The van der Waals surface area contributed by atoms with E-state index in [0.717, 1.165) is 25.7 Å². The number of pyridine rings is 1. The summed E-state index contributed by atoms with van der Waals surface area (Å²) in [6.45, 7) is 2.13. The molecule has 0 aliphatic heterocycles. The molecule has 0 saturated heterocycles. The zero-order valence-electron chi connectivity index (χ0n) is 12.9. The van der Waals surface area contributed by atoms with Crippen LogP contribution in [0, 0.1) is 5.92 Å². The number of Topliss-reactive ketones (excluding diaryl/α,β-unsaturated/α-hetero) is 1. The lowest BCUT2D eigenvalue weighted by Gasteiger charge is -2.29. The van der Waals surface area contributed by atoms with Crippen molar-refractivity contribution in [1.82, 2.24) is 10.3 Å². The Labute approximate surface area is 129 Å². The number of fused-ring (bicyclic) bond motifs is 1. The topological polar surface area (TPSA) is 79.0 Å². The number of aryl methyl sites for hydroxylation is 1. The normalized spacial score (nSPS) is 24.7. The minimum absolute atomic E-state index is 0.0117. The molecule has 2 aliphatic rings. The summed E-state index contributed by atoms with van der Waals surface area (Å²) in [5.41, 5.74) is 0.845. The van der Waals surface area contributed by atoms with Crippen LogP contribution in [0.15, 0.2) is 10.9 Å². The van der Waals surface area contributed by atoms with E-state index in [2.05, 4.69) is 17.2 Å². The molecule has 2 N–H and O–H groups in total. The SMILES string of the molecule is C[C@@H]1CCCC[C@@H]1NC(=O)c1cc2c([nH]c1=O)CCCC2=O. The molecule has 1 aromatic rings. The molecule has 1 saturated carbocycles. The second-order valence-corrected chi connectivity index (χ2v) is 6.52. The molecule has 22 heavy (non-hydrogen) atoms. The van der Waals surface area contributed by atoms with Crippen LogP contribution in [0.1, 0.15) is 71.9 Å². The third kappa shape index (κ3) is 2.85. The molecule has 1 aromatic heterocycles. The minimum Gasteiger partial charge on any atom is -0.349 e. The fourth-order valence-electron chi connectivity index (χ4n) is 3.52. The number of hydrogen-bond acceptors (Lipinski definition) is 3. The van der Waals surface area contributed by atoms with E-state index in [1.54, 1.807) is 0 Å². The van der Waals surface area contributed by atoms with E-state index in [-0.39, 0.29) is 23.3 Å². The van der Waals surface area contributed by atoms with Gasteiger partial charge in [-0.1, -0.05) is 19.8 Å². The third-order valence-corrected chi connectivity index (χ3v) is 4.93. The average Bonchev–Trinajstić information content (AvgIpc) is 2.49. The van der Waals surface area contributed by atoms with Gasteiger partial charge >= 0.3 is 0 Å². The summed E-state index contributed by atoms with van der Waals surface area (Å²) in [5, 5.41) is 2.98. The summed E-state index contributed by atoms with van der Waals surface area (Å²) in [6, 6.07) is 1.60. The maximum atomic E-state index is 12.4. The van der Waals surface area contributed by atoms with Crippen LogP contribution in [0.5, 0.6) is 0 Å². The van der Waals surface area contributed by atoms with Crippen molar-refractivity contribution in [2.45, 2.75) is 57.9 Å². The number of nitrogens with one attached hydrogen (secondary N) is 2. The Morgan fingerprint density at radius 1 is 1.18 bits per heavy atom. The van der Waals surface area contributed by atoms with Gasteiger partial charge in [0, 0.05) is 23.7 Å². The summed E-state index contributed by atoms with van der Waals surface area (Å²) < 4.78 is 0. The summed E-state index contributed by atoms with van der Waals surface area (Å²) in [5.74, 6) is 0.0785. The molecule has 3 rings (SSSR count). The van der Waals surface area contributed by atoms with Crippen LogP contribution in [0.4, 0.5) is 0 Å². The van der Waals surface area contributed by atoms with Gasteiger partial charge in [0.2, 0.25) is 0 Å². The molecular formula is C17H22N2O3. The molecule has 1 heterocycles. The van der Waals surface area contributed by atoms with Crippen molar-refractivity contribution in [3.05, 3.63) is 33.2 Å². The van der Waals surface area contributed by atoms with Crippen LogP contribution in [0.25, 0.3) is 0 Å². The molecule has 0 radical (unpaired) electrons. The van der Waals surface area contributed by atoms with Crippen molar-refractivity contribution in [2.75, 3.05) is 0 Å². The molecular weight excluding hydrogens is 280 g/mol. The number of amides is 1. The Morgan fingerprint density at radius 3 is 2.73 bits per heavy atom. The fourth-order valence-corrected chi connectivity index (χ4v) is 3.52. The maximum Gasteiger partial charge on any atom is 0.261 e. The van der Waals surface area contributed by atoms with Gasteiger partial charge in [-0.25, -0.2) is 0 Å². The molecule has 0 unspecified atom stereocenters. The van der Waals surface area contributed by atoms with E-state index in [1.165, 1.54) is 12.5 Å². The maximum absolute atomic E-state index is 12.4. The summed E-state index contributed by atoms with van der Waals surface area (Å²) in [7, 11) is 0. The Kier molecular flexibility index (Phi) is 4.14. The van der Waals surface area contributed by atoms with E-state index in [4.69, 9.17) is 0 Å². The Bertz CT molecular complexity index is 662. The van der Waals surface area contributed by atoms with Crippen LogP contribution in [-0.4, -0.2) is 22.7 Å². The van der Waals surface area contributed by atoms with E-state index in [1.807, 2.05) is 0 Å². The van der Waals surface area contributed by atoms with E-state index in [9.17, 15) is 14.4 Å². The van der Waals surface area contributed by atoms with Crippen molar-refractivity contribution in [1.29, 1.82) is 0 Å². The van der Waals surface area contributed by atoms with Gasteiger partial charge in [0.25, 0.3) is 11.5 Å². The van der Waals surface area contributed by atoms with Crippen molar-refractivity contribution < 1.29 is 9.59 Å². The Hall–Kier alpha value is -1.91. The predicted molar refractivity (Wildman–Crippen MR) is 83.2 cm³/mol. The number of aromatic amines is 1. The molecule has 2 aliphatic carbocycles. The van der Waals surface area contributed by atoms with Crippen LogP contribution >= 0.6 is 0 Å². The first-order valence-corrected chi connectivity index (χ1v) is 8.16. The monoisotopic (exact) mass is 302 g/mol. The lowest BCUT2D eigenvalue weighted by molar-refractivity contribution is 0.0908. The van der Waals surface area contributed by atoms with Crippen LogP contribution in [0.3, 0.4) is 0 Å². The van der Waals surface area contributed by atoms with Crippen molar-refractivity contribution >= 4 is 11.7 Å².